The zero-order chi connectivity index (χ0) is 26.5. The summed E-state index contributed by atoms with van der Waals surface area (Å²) in [5, 5.41) is 3.68. The van der Waals surface area contributed by atoms with Gasteiger partial charge in [-0.15, -0.1) is 24.5 Å². The van der Waals surface area contributed by atoms with Crippen LogP contribution in [0.15, 0.2) is 11.4 Å². The molecule has 1 aliphatic heterocycles. The Hall–Kier alpha value is -2.81. The van der Waals surface area contributed by atoms with Crippen LogP contribution in [0, 0.1) is 5.41 Å². The summed E-state index contributed by atoms with van der Waals surface area (Å²) in [6, 6.07) is 0.812. The topological polar surface area (TPSA) is 90.0 Å². The third-order valence-electron chi connectivity index (χ3n) is 5.98. The smallest absolute Gasteiger partial charge is 0.474 e. The molecule has 0 radical (unpaired) electrons. The molecule has 2 aromatic heterocycles. The molecular formula is C21H21F6N3O5S. The Kier molecular flexibility index (Phi) is 6.75. The minimum absolute atomic E-state index is 0.0153. The van der Waals surface area contributed by atoms with E-state index in [4.69, 9.17) is 9.47 Å². The van der Waals surface area contributed by atoms with Gasteiger partial charge in [0.25, 0.3) is 5.91 Å². The lowest BCUT2D eigenvalue weighted by Crippen LogP contribution is -2.66. The second kappa shape index (κ2) is 9.25. The first kappa shape index (κ1) is 26.3. The zero-order valence-corrected chi connectivity index (χ0v) is 19.8. The number of amides is 2. The lowest BCUT2D eigenvalue weighted by molar-refractivity contribution is -0.330. The van der Waals surface area contributed by atoms with Crippen LogP contribution in [0.2, 0.25) is 0 Å². The minimum atomic E-state index is -4.82. The molecule has 3 heterocycles. The number of carbonyl (C=O) groups excluding carboxylic acids is 2. The van der Waals surface area contributed by atoms with Gasteiger partial charge < -0.3 is 19.7 Å². The maximum absolute atomic E-state index is 13.6. The van der Waals surface area contributed by atoms with Crippen molar-refractivity contribution in [3.63, 3.8) is 0 Å². The number of hydrogen-bond acceptors (Lipinski definition) is 7. The van der Waals surface area contributed by atoms with Gasteiger partial charge in [0.1, 0.15) is 12.2 Å². The van der Waals surface area contributed by atoms with Crippen molar-refractivity contribution < 1.29 is 50.1 Å². The second-order valence-electron chi connectivity index (χ2n) is 8.87. The van der Waals surface area contributed by atoms with Crippen molar-refractivity contribution in [2.45, 2.75) is 44.5 Å². The maximum Gasteiger partial charge on any atom is 0.522 e. The second-order valence-corrected chi connectivity index (χ2v) is 9.75. The van der Waals surface area contributed by atoms with Crippen LogP contribution in [0.25, 0.3) is 10.2 Å². The number of nitrogens with zero attached hydrogens (tertiary/aromatic N) is 2. The number of ether oxygens (including phenoxy) is 3. The van der Waals surface area contributed by atoms with Crippen LogP contribution in [-0.2, 0) is 15.7 Å². The molecule has 198 valence electrons. The molecule has 1 unspecified atom stereocenters. The Morgan fingerprint density at radius 3 is 2.50 bits per heavy atom. The number of fused-ring (bicyclic) bond motifs is 1. The van der Waals surface area contributed by atoms with Gasteiger partial charge in [-0.1, -0.05) is 0 Å². The maximum atomic E-state index is 13.6. The molecule has 1 spiro atoms. The molecule has 1 N–H and O–H groups in total. The number of carbonyl (C=O) groups is 2. The Bertz CT molecular complexity index is 1150. The van der Waals surface area contributed by atoms with Gasteiger partial charge in [-0.2, -0.15) is 13.2 Å². The van der Waals surface area contributed by atoms with Gasteiger partial charge in [-0.3, -0.25) is 9.53 Å². The standard InChI is InChI=1S/C21H21F6N3O5S/c1-10(6-33-21(25,26)27)34-18(32)30-8-19(9-30)4-11(5-19)35-14-3-13(20(22,23)24)16-15(29-14)12(7-36-16)17(31)28-2/h3,7,10-11H,4-6,8-9H2,1-2H3,(H,28,31). The SMILES string of the molecule is CNC(=O)c1csc2c(C(F)(F)F)cc(OC3CC4(C3)CN(C(=O)OC(C)COC(F)(F)F)C4)nc12. The number of pyridine rings is 1. The molecule has 0 bridgehead atoms. The van der Waals surface area contributed by atoms with Crippen molar-refractivity contribution in [2.24, 2.45) is 5.41 Å². The molecule has 8 nitrogen and oxygen atoms in total. The number of nitrogens with one attached hydrogen (secondary N) is 1. The van der Waals surface area contributed by atoms with Crippen LogP contribution in [0.3, 0.4) is 0 Å². The quantitative estimate of drug-likeness (QED) is 0.539. The predicted molar refractivity (Wildman–Crippen MR) is 114 cm³/mol. The average molecular weight is 541 g/mol. The fraction of sp³-hybridized carbons (Fsp3) is 0.571. The number of rotatable bonds is 6. The highest BCUT2D eigenvalue weighted by Gasteiger charge is 2.55. The van der Waals surface area contributed by atoms with E-state index in [0.29, 0.717) is 12.8 Å². The molecule has 1 saturated carbocycles. The van der Waals surface area contributed by atoms with Crippen molar-refractivity contribution in [1.82, 2.24) is 15.2 Å². The molecule has 1 atom stereocenters. The van der Waals surface area contributed by atoms with Gasteiger partial charge in [0, 0.05) is 37.0 Å². The summed E-state index contributed by atoms with van der Waals surface area (Å²) in [5.74, 6) is -0.824. The number of aromatic nitrogens is 1. The van der Waals surface area contributed by atoms with Crippen LogP contribution in [0.4, 0.5) is 31.1 Å². The molecule has 4 rings (SSSR count). The van der Waals surface area contributed by atoms with E-state index in [2.05, 4.69) is 15.0 Å². The predicted octanol–water partition coefficient (Wildman–Crippen LogP) is 4.58. The van der Waals surface area contributed by atoms with Gasteiger partial charge in [-0.25, -0.2) is 9.78 Å². The summed E-state index contributed by atoms with van der Waals surface area (Å²) in [6.07, 6.45) is -10.9. The van der Waals surface area contributed by atoms with Crippen LogP contribution in [0.5, 0.6) is 5.88 Å². The Morgan fingerprint density at radius 1 is 1.25 bits per heavy atom. The van der Waals surface area contributed by atoms with E-state index in [0.717, 1.165) is 17.4 Å². The molecule has 2 aromatic rings. The van der Waals surface area contributed by atoms with Gasteiger partial charge in [0.2, 0.25) is 5.88 Å². The molecule has 1 aliphatic carbocycles. The summed E-state index contributed by atoms with van der Waals surface area (Å²) in [6.45, 7) is 1.01. The van der Waals surface area contributed by atoms with Gasteiger partial charge >= 0.3 is 18.6 Å². The highest BCUT2D eigenvalue weighted by atomic mass is 32.1. The van der Waals surface area contributed by atoms with E-state index in [1.54, 1.807) is 0 Å². The monoisotopic (exact) mass is 541 g/mol. The van der Waals surface area contributed by atoms with E-state index in [9.17, 15) is 35.9 Å². The van der Waals surface area contributed by atoms with E-state index >= 15 is 0 Å². The van der Waals surface area contributed by atoms with E-state index in [1.807, 2.05) is 0 Å². The fourth-order valence-electron chi connectivity index (χ4n) is 4.36. The molecule has 36 heavy (non-hydrogen) atoms. The summed E-state index contributed by atoms with van der Waals surface area (Å²) >= 11 is 0.770. The molecule has 1 saturated heterocycles. The normalized spacial score (nSPS) is 18.5. The largest absolute Gasteiger partial charge is 0.522 e. The number of alkyl halides is 6. The van der Waals surface area contributed by atoms with E-state index in [1.165, 1.54) is 24.3 Å². The molecule has 2 fully saturated rings. The Balaban J connectivity index is 1.35. The van der Waals surface area contributed by atoms with Crippen LogP contribution in [-0.4, -0.2) is 67.2 Å². The number of thiophene rings is 1. The fourth-order valence-corrected chi connectivity index (χ4v) is 5.38. The highest BCUT2D eigenvalue weighted by Crippen LogP contribution is 2.50. The Morgan fingerprint density at radius 2 is 1.92 bits per heavy atom. The summed E-state index contributed by atoms with van der Waals surface area (Å²) in [4.78, 5) is 29.6. The first-order chi connectivity index (χ1) is 16.7. The van der Waals surface area contributed by atoms with Gasteiger partial charge in [-0.05, 0) is 19.8 Å². The third-order valence-corrected chi connectivity index (χ3v) is 6.98. The molecular weight excluding hydrogens is 520 g/mol. The first-order valence-corrected chi connectivity index (χ1v) is 11.6. The highest BCUT2D eigenvalue weighted by molar-refractivity contribution is 7.17. The van der Waals surface area contributed by atoms with Gasteiger partial charge in [0.15, 0.2) is 0 Å². The summed E-state index contributed by atoms with van der Waals surface area (Å²) in [7, 11) is 1.36. The lowest BCUT2D eigenvalue weighted by atomic mass is 9.62. The van der Waals surface area contributed by atoms with Crippen molar-refractivity contribution in [3.05, 3.63) is 22.6 Å². The zero-order valence-electron chi connectivity index (χ0n) is 19.0. The summed E-state index contributed by atoms with van der Waals surface area (Å²) in [5.41, 5.74) is -1.33. The lowest BCUT2D eigenvalue weighted by Gasteiger charge is -2.57. The number of hydrogen-bond donors (Lipinski definition) is 1. The molecule has 2 aliphatic rings. The van der Waals surface area contributed by atoms with Crippen LogP contribution < -0.4 is 10.1 Å². The molecule has 0 aromatic carbocycles. The van der Waals surface area contributed by atoms with Crippen molar-refractivity contribution in [1.29, 1.82) is 0 Å². The third kappa shape index (κ3) is 5.45. The van der Waals surface area contributed by atoms with Crippen molar-refractivity contribution >= 4 is 33.6 Å². The van der Waals surface area contributed by atoms with E-state index in [-0.39, 0.29) is 40.2 Å². The van der Waals surface area contributed by atoms with Crippen LogP contribution in [0.1, 0.15) is 35.7 Å². The number of likely N-dealkylation sites (tertiary alicyclic amines) is 1. The molecule has 15 heteroatoms. The number of halogens is 6. The van der Waals surface area contributed by atoms with Crippen molar-refractivity contribution in [3.8, 4) is 5.88 Å². The summed E-state index contributed by atoms with van der Waals surface area (Å²) < 4.78 is 91.3. The van der Waals surface area contributed by atoms with Crippen molar-refractivity contribution in [2.75, 3.05) is 26.7 Å². The van der Waals surface area contributed by atoms with E-state index < -0.39 is 48.9 Å². The Labute approximate surface area is 204 Å². The molecule has 2 amide bonds. The minimum Gasteiger partial charge on any atom is -0.474 e. The van der Waals surface area contributed by atoms with Gasteiger partial charge in [0.05, 0.1) is 28.0 Å². The van der Waals surface area contributed by atoms with Crippen LogP contribution >= 0.6 is 11.3 Å². The average Bonchev–Trinajstić information content (AvgIpc) is 3.14. The first-order valence-electron chi connectivity index (χ1n) is 10.7.